The van der Waals surface area contributed by atoms with Crippen molar-refractivity contribution < 1.29 is 98.6 Å². The van der Waals surface area contributed by atoms with Gasteiger partial charge < -0.3 is 98.1 Å². The van der Waals surface area contributed by atoms with E-state index in [1.807, 2.05) is 10.6 Å². The van der Waals surface area contributed by atoms with Crippen LogP contribution in [0.3, 0.4) is 0 Å². The molecule has 0 radical (unpaired) electrons. The van der Waals surface area contributed by atoms with Gasteiger partial charge in [0.15, 0.2) is 6.23 Å². The molecule has 16 atom stereocenters. The molecule has 2 unspecified atom stereocenters. The van der Waals surface area contributed by atoms with Crippen LogP contribution in [0.5, 0.6) is 5.75 Å². The molecule has 3 aliphatic heterocycles. The van der Waals surface area contributed by atoms with E-state index < -0.39 is 183 Å². The number of rotatable bonds is 23. The lowest BCUT2D eigenvalue weighted by atomic mass is 9.91. The second-order valence-corrected chi connectivity index (χ2v) is 21.7. The average Bonchev–Trinajstić information content (AvgIpc) is 4.24. The number of nitrogens with zero attached hydrogens (tertiary/aromatic N) is 2. The van der Waals surface area contributed by atoms with Crippen LogP contribution in [0.25, 0.3) is 0 Å². The summed E-state index contributed by atoms with van der Waals surface area (Å²) in [4.78, 5) is 136. The molecule has 3 heterocycles. The number of aliphatic hydroxyl groups excluding tert-OH is 8. The van der Waals surface area contributed by atoms with Gasteiger partial charge in [-0.05, 0) is 55.7 Å². The molecule has 3 fully saturated rings. The standard InChI is InChI=1S/C53H83N9O20/c1-5-26(2)20-27(3)12-10-8-6-7-9-11-13-38(69)56-32-22-36(67)48(76)60-50(78)43-34(65)18-19-61(43)52(80)41(35(66)23-37(54)68)58-49(77)42(45(73)44(72)29-14-16-31(17-15-29)82-53(81)55-24-39(70)71)59-47(75)33-21-30(64)25-62(33)51(79)40(28(4)63)57-46(32)74/h14-17,26-28,30,32-36,40-45,48,63-67,72-73,76H,5-13,18-25H2,1-4H3,(H2,54,68)(H,55,81)(H,56,69)(H,57,74)(H,58,77)(H,59,75)(H,60,78)(H,70,71)/t26?,27?,28-,30-,32+,33+,34+,35-,36-,40+,41+,42+,43+,44+,45+,48-/m1/s1. The summed E-state index contributed by atoms with van der Waals surface area (Å²) in [5.41, 5.74) is 5.11. The number of nitrogens with two attached hydrogens (primary N) is 1. The number of nitrogens with one attached hydrogen (secondary N) is 6. The Morgan fingerprint density at radius 3 is 1.96 bits per heavy atom. The maximum Gasteiger partial charge on any atom is 0.413 e. The van der Waals surface area contributed by atoms with Crippen molar-refractivity contribution in [2.75, 3.05) is 19.6 Å². The van der Waals surface area contributed by atoms with Crippen molar-refractivity contribution in [1.29, 1.82) is 0 Å². The Balaban J connectivity index is 1.71. The summed E-state index contributed by atoms with van der Waals surface area (Å²) in [6.07, 6.45) is -12.2. The van der Waals surface area contributed by atoms with E-state index >= 15 is 0 Å². The zero-order chi connectivity index (χ0) is 61.1. The highest BCUT2D eigenvalue weighted by atomic mass is 16.6. The number of hydrogen-bond donors (Lipinski definition) is 16. The number of aliphatic carboxylic acids is 1. The van der Waals surface area contributed by atoms with Crippen molar-refractivity contribution in [2.24, 2.45) is 17.6 Å². The molecule has 1 aromatic rings. The van der Waals surface area contributed by atoms with E-state index in [9.17, 15) is 88.8 Å². The first-order valence-corrected chi connectivity index (χ1v) is 27.8. The number of amides is 9. The second-order valence-electron chi connectivity index (χ2n) is 21.7. The topological polar surface area (TPSA) is 467 Å². The number of carbonyl (C=O) groups excluding carboxylic acids is 9. The van der Waals surface area contributed by atoms with Crippen molar-refractivity contribution in [2.45, 2.75) is 203 Å². The van der Waals surface area contributed by atoms with E-state index in [-0.39, 0.29) is 24.2 Å². The molecule has 3 saturated heterocycles. The predicted molar refractivity (Wildman–Crippen MR) is 285 cm³/mol. The number of carboxylic acids is 1. The second kappa shape index (κ2) is 32.3. The lowest BCUT2D eigenvalue weighted by molar-refractivity contribution is -0.149. The minimum absolute atomic E-state index is 0.103. The zero-order valence-corrected chi connectivity index (χ0v) is 46.6. The van der Waals surface area contributed by atoms with E-state index in [2.05, 4.69) is 42.0 Å². The van der Waals surface area contributed by atoms with Crippen LogP contribution in [0.15, 0.2) is 24.3 Å². The zero-order valence-electron chi connectivity index (χ0n) is 46.6. The Kier molecular flexibility index (Phi) is 26.7. The van der Waals surface area contributed by atoms with E-state index in [4.69, 9.17) is 15.6 Å². The SMILES string of the molecule is CCC(C)CC(C)CCCCCCCCC(=O)N[C@H]1C[C@@H](O)[C@@H](O)NC(=O)[C@@H]2[C@@H](O)CCN2C(=O)[C@H]([C@H](O)CC(N)=O)NC(=O)[C@H]([C@H](O)[C@@H](O)c2ccc(OC(=O)NCC(=O)O)cc2)NC(=O)[C@@H]2C[C@@H](O)CN2C(=O)[C@H]([C@@H](C)O)NC1=O. The molecule has 9 amide bonds. The number of ether oxygens (including phenoxy) is 1. The number of carboxylic acid groups (broad SMARTS) is 1. The largest absolute Gasteiger partial charge is 0.480 e. The van der Waals surface area contributed by atoms with Crippen LogP contribution < -0.4 is 42.4 Å². The average molecular weight is 1170 g/mol. The van der Waals surface area contributed by atoms with Gasteiger partial charge in [0, 0.05) is 32.4 Å². The third-order valence-corrected chi connectivity index (χ3v) is 14.9. The predicted octanol–water partition coefficient (Wildman–Crippen LogP) is -3.87. The molecule has 0 bridgehead atoms. The quantitative estimate of drug-likeness (QED) is 0.0466. The first kappa shape index (κ1) is 67.9. The van der Waals surface area contributed by atoms with Gasteiger partial charge in [0.1, 0.15) is 66.9 Å². The number of primary amides is 1. The molecule has 0 aliphatic carbocycles. The molecule has 460 valence electrons. The van der Waals surface area contributed by atoms with Crippen LogP contribution in [0, 0.1) is 11.8 Å². The van der Waals surface area contributed by atoms with Crippen molar-refractivity contribution in [3.8, 4) is 5.75 Å². The maximum atomic E-state index is 14.5. The molecule has 0 spiro atoms. The minimum atomic E-state index is -2.48. The van der Waals surface area contributed by atoms with Gasteiger partial charge in [-0.1, -0.05) is 77.8 Å². The van der Waals surface area contributed by atoms with Crippen LogP contribution in [-0.4, -0.2) is 214 Å². The van der Waals surface area contributed by atoms with Crippen LogP contribution in [-0.2, 0) is 43.2 Å². The summed E-state index contributed by atoms with van der Waals surface area (Å²) in [7, 11) is 0. The third kappa shape index (κ3) is 20.1. The summed E-state index contributed by atoms with van der Waals surface area (Å²) in [5, 5.41) is 112. The highest BCUT2D eigenvalue weighted by Crippen LogP contribution is 2.27. The Labute approximate surface area is 474 Å². The van der Waals surface area contributed by atoms with Crippen LogP contribution in [0.4, 0.5) is 4.79 Å². The van der Waals surface area contributed by atoms with E-state index in [1.165, 1.54) is 6.42 Å². The molecule has 1 aromatic carbocycles. The molecule has 3 aliphatic rings. The Hall–Kier alpha value is -6.60. The van der Waals surface area contributed by atoms with Crippen LogP contribution >= 0.6 is 0 Å². The normalized spacial score (nSPS) is 27.4. The number of fused-ring (bicyclic) bond motifs is 2. The molecule has 0 saturated carbocycles. The minimum Gasteiger partial charge on any atom is -0.480 e. The molecule has 0 aromatic heterocycles. The molecular weight excluding hydrogens is 1080 g/mol. The summed E-state index contributed by atoms with van der Waals surface area (Å²) >= 11 is 0. The lowest BCUT2D eigenvalue weighted by Gasteiger charge is -2.34. The number of aliphatic hydroxyl groups is 8. The molecule has 29 heteroatoms. The van der Waals surface area contributed by atoms with E-state index in [0.29, 0.717) is 29.6 Å². The van der Waals surface area contributed by atoms with E-state index in [1.54, 1.807) is 0 Å². The Morgan fingerprint density at radius 2 is 1.34 bits per heavy atom. The molecular formula is C53H83N9O20. The van der Waals surface area contributed by atoms with Gasteiger partial charge in [-0.25, -0.2) is 4.79 Å². The maximum absolute atomic E-state index is 14.5. The summed E-state index contributed by atoms with van der Waals surface area (Å²) < 4.78 is 4.98. The lowest BCUT2D eigenvalue weighted by Crippen LogP contribution is -2.64. The summed E-state index contributed by atoms with van der Waals surface area (Å²) in [5.74, 6) is -10.3. The highest BCUT2D eigenvalue weighted by molar-refractivity contribution is 5.98. The van der Waals surface area contributed by atoms with Gasteiger partial charge in [0.25, 0.3) is 0 Å². The van der Waals surface area contributed by atoms with Gasteiger partial charge in [-0.3, -0.25) is 43.2 Å². The van der Waals surface area contributed by atoms with Crippen molar-refractivity contribution >= 4 is 59.3 Å². The molecule has 17 N–H and O–H groups in total. The van der Waals surface area contributed by atoms with Crippen LogP contribution in [0.2, 0.25) is 0 Å². The molecule has 4 rings (SSSR count). The number of unbranched alkanes of at least 4 members (excludes halogenated alkanes) is 5. The van der Waals surface area contributed by atoms with Gasteiger partial charge in [0.2, 0.25) is 47.3 Å². The third-order valence-electron chi connectivity index (χ3n) is 14.9. The Bertz CT molecular complexity index is 2370. The number of hydrogen-bond acceptors (Lipinski definition) is 19. The van der Waals surface area contributed by atoms with Gasteiger partial charge in [-0.15, -0.1) is 0 Å². The molecule has 82 heavy (non-hydrogen) atoms. The summed E-state index contributed by atoms with van der Waals surface area (Å²) in [6, 6.07) is -7.97. The summed E-state index contributed by atoms with van der Waals surface area (Å²) in [6.45, 7) is 5.83. The molecule has 29 nitrogen and oxygen atoms in total. The highest BCUT2D eigenvalue weighted by Gasteiger charge is 2.49. The monoisotopic (exact) mass is 1170 g/mol. The van der Waals surface area contributed by atoms with E-state index in [0.717, 1.165) is 74.6 Å². The van der Waals surface area contributed by atoms with Crippen LogP contribution in [0.1, 0.15) is 129 Å². The number of benzene rings is 1. The van der Waals surface area contributed by atoms with Gasteiger partial charge in [0.05, 0.1) is 30.8 Å². The number of carbonyl (C=O) groups is 10. The van der Waals surface area contributed by atoms with Crippen molar-refractivity contribution in [1.82, 2.24) is 41.7 Å². The first-order valence-electron chi connectivity index (χ1n) is 27.8. The fraction of sp³-hybridized carbons (Fsp3) is 0.698. The van der Waals surface area contributed by atoms with Crippen molar-refractivity contribution in [3.63, 3.8) is 0 Å². The fourth-order valence-electron chi connectivity index (χ4n) is 10.1. The Morgan fingerprint density at radius 1 is 0.732 bits per heavy atom. The smallest absolute Gasteiger partial charge is 0.413 e. The van der Waals surface area contributed by atoms with Gasteiger partial charge >= 0.3 is 12.1 Å². The first-order chi connectivity index (χ1) is 38.6. The van der Waals surface area contributed by atoms with Crippen molar-refractivity contribution in [3.05, 3.63) is 29.8 Å². The van der Waals surface area contributed by atoms with Gasteiger partial charge in [-0.2, -0.15) is 0 Å². The fourth-order valence-corrected chi connectivity index (χ4v) is 10.1.